The summed E-state index contributed by atoms with van der Waals surface area (Å²) in [4.78, 5) is 10.4. The van der Waals surface area contributed by atoms with Gasteiger partial charge in [-0.15, -0.1) is 11.3 Å². The highest BCUT2D eigenvalue weighted by Gasteiger charge is 2.21. The average molecular weight is 252 g/mol. The van der Waals surface area contributed by atoms with E-state index in [0.717, 1.165) is 10.1 Å². The predicted molar refractivity (Wildman–Crippen MR) is 65.0 cm³/mol. The van der Waals surface area contributed by atoms with Crippen LogP contribution in [0, 0.1) is 0 Å². The molecule has 0 aliphatic rings. The van der Waals surface area contributed by atoms with Gasteiger partial charge in [0.05, 0.1) is 12.5 Å². The molecule has 0 aliphatic heterocycles. The molecule has 0 amide bonds. The minimum Gasteiger partial charge on any atom is -0.481 e. The van der Waals surface area contributed by atoms with Crippen molar-refractivity contribution in [1.29, 1.82) is 0 Å². The second-order valence-electron chi connectivity index (χ2n) is 3.83. The second-order valence-corrected chi connectivity index (χ2v) is 4.78. The molecule has 17 heavy (non-hydrogen) atoms. The topological polar surface area (TPSA) is 77.8 Å². The van der Waals surface area contributed by atoms with Crippen molar-refractivity contribution in [2.24, 2.45) is 0 Å². The van der Waals surface area contributed by atoms with Gasteiger partial charge in [-0.05, 0) is 34.5 Å². The van der Waals surface area contributed by atoms with Crippen molar-refractivity contribution in [2.45, 2.75) is 18.6 Å². The quantitative estimate of drug-likeness (QED) is 0.775. The molecule has 2 rings (SSSR count). The summed E-state index contributed by atoms with van der Waals surface area (Å²) in [6.07, 6.45) is -2.93. The summed E-state index contributed by atoms with van der Waals surface area (Å²) in [5, 5.41) is 30.8. The highest BCUT2D eigenvalue weighted by Crippen LogP contribution is 2.26. The van der Waals surface area contributed by atoms with E-state index in [1.54, 1.807) is 23.5 Å². The smallest absolute Gasteiger partial charge is 0.306 e. The van der Waals surface area contributed by atoms with Crippen molar-refractivity contribution in [3.05, 3.63) is 35.2 Å². The molecule has 4 nitrogen and oxygen atoms in total. The molecule has 1 aromatic heterocycles. The van der Waals surface area contributed by atoms with Gasteiger partial charge in [0, 0.05) is 4.70 Å². The number of benzene rings is 1. The summed E-state index contributed by atoms with van der Waals surface area (Å²) in [5.41, 5.74) is 0.532. The molecule has 2 aromatic rings. The van der Waals surface area contributed by atoms with E-state index in [1.807, 2.05) is 17.5 Å². The van der Waals surface area contributed by atoms with Crippen LogP contribution in [0.25, 0.3) is 10.1 Å². The van der Waals surface area contributed by atoms with Gasteiger partial charge in [0.25, 0.3) is 0 Å². The molecular formula is C12H12O4S. The molecule has 90 valence electrons. The maximum absolute atomic E-state index is 10.4. The number of aliphatic hydroxyl groups is 2. The van der Waals surface area contributed by atoms with Crippen LogP contribution in [-0.2, 0) is 4.79 Å². The number of aliphatic carboxylic acids is 1. The number of fused-ring (bicyclic) bond motifs is 1. The Balaban J connectivity index is 2.23. The summed E-state index contributed by atoms with van der Waals surface area (Å²) in [6.45, 7) is 0. The van der Waals surface area contributed by atoms with Crippen LogP contribution in [0.4, 0.5) is 0 Å². The fourth-order valence-corrected chi connectivity index (χ4v) is 2.45. The summed E-state index contributed by atoms with van der Waals surface area (Å²) in [5.74, 6) is -1.13. The van der Waals surface area contributed by atoms with Gasteiger partial charge in [-0.2, -0.15) is 0 Å². The fourth-order valence-electron chi connectivity index (χ4n) is 1.68. The first kappa shape index (κ1) is 12.0. The number of aliphatic hydroxyl groups excluding tert-OH is 2. The molecule has 1 heterocycles. The molecule has 0 spiro atoms. The molecule has 5 heteroatoms. The van der Waals surface area contributed by atoms with Crippen molar-refractivity contribution in [2.75, 3.05) is 0 Å². The Hall–Kier alpha value is -1.43. The molecule has 2 unspecified atom stereocenters. The van der Waals surface area contributed by atoms with E-state index < -0.39 is 24.6 Å². The maximum Gasteiger partial charge on any atom is 0.306 e. The number of hydrogen-bond acceptors (Lipinski definition) is 4. The van der Waals surface area contributed by atoms with E-state index in [2.05, 4.69) is 0 Å². The standard InChI is InChI=1S/C12H12O4S/c13-9(6-11(14)15)12(16)8-1-2-10-7(5-8)3-4-17-10/h1-5,9,12-13,16H,6H2,(H,14,15). The van der Waals surface area contributed by atoms with E-state index in [0.29, 0.717) is 5.56 Å². The van der Waals surface area contributed by atoms with Crippen LogP contribution >= 0.6 is 11.3 Å². The predicted octanol–water partition coefficient (Wildman–Crippen LogP) is 1.77. The van der Waals surface area contributed by atoms with Gasteiger partial charge in [-0.25, -0.2) is 0 Å². The third-order valence-corrected chi connectivity index (χ3v) is 3.46. The molecule has 0 bridgehead atoms. The van der Waals surface area contributed by atoms with Crippen LogP contribution in [-0.4, -0.2) is 27.4 Å². The first-order valence-electron chi connectivity index (χ1n) is 5.13. The van der Waals surface area contributed by atoms with Gasteiger partial charge < -0.3 is 15.3 Å². The zero-order valence-electron chi connectivity index (χ0n) is 8.91. The van der Waals surface area contributed by atoms with E-state index in [4.69, 9.17) is 5.11 Å². The van der Waals surface area contributed by atoms with Crippen molar-refractivity contribution in [3.63, 3.8) is 0 Å². The van der Waals surface area contributed by atoms with Crippen molar-refractivity contribution in [1.82, 2.24) is 0 Å². The Morgan fingerprint density at radius 3 is 2.76 bits per heavy atom. The minimum atomic E-state index is -1.29. The number of thiophene rings is 1. The Labute approximate surface area is 102 Å². The average Bonchev–Trinajstić information content (AvgIpc) is 2.73. The van der Waals surface area contributed by atoms with Crippen LogP contribution in [0.2, 0.25) is 0 Å². The van der Waals surface area contributed by atoms with Crippen molar-refractivity contribution < 1.29 is 20.1 Å². The number of rotatable bonds is 4. The number of carbonyl (C=O) groups is 1. The Morgan fingerprint density at radius 1 is 1.29 bits per heavy atom. The first-order valence-corrected chi connectivity index (χ1v) is 6.01. The third kappa shape index (κ3) is 2.63. The second kappa shape index (κ2) is 4.83. The van der Waals surface area contributed by atoms with E-state index in [9.17, 15) is 15.0 Å². The molecular weight excluding hydrogens is 240 g/mol. The van der Waals surface area contributed by atoms with Crippen molar-refractivity contribution in [3.8, 4) is 0 Å². The molecule has 2 atom stereocenters. The van der Waals surface area contributed by atoms with Gasteiger partial charge in [-0.1, -0.05) is 6.07 Å². The summed E-state index contributed by atoms with van der Waals surface area (Å²) in [7, 11) is 0. The number of hydrogen-bond donors (Lipinski definition) is 3. The van der Waals surface area contributed by atoms with Crippen LogP contribution in [0.15, 0.2) is 29.6 Å². The molecule has 0 saturated carbocycles. The summed E-state index contributed by atoms with van der Waals surface area (Å²) >= 11 is 1.59. The zero-order chi connectivity index (χ0) is 12.4. The highest BCUT2D eigenvalue weighted by atomic mass is 32.1. The van der Waals surface area contributed by atoms with E-state index in [1.165, 1.54) is 0 Å². The third-order valence-electron chi connectivity index (χ3n) is 2.57. The monoisotopic (exact) mass is 252 g/mol. The van der Waals surface area contributed by atoms with Gasteiger partial charge in [0.2, 0.25) is 0 Å². The largest absolute Gasteiger partial charge is 0.481 e. The molecule has 0 saturated heterocycles. The van der Waals surface area contributed by atoms with Crippen molar-refractivity contribution >= 4 is 27.4 Å². The van der Waals surface area contributed by atoms with Gasteiger partial charge in [0.15, 0.2) is 0 Å². The molecule has 0 aliphatic carbocycles. The fraction of sp³-hybridized carbons (Fsp3) is 0.250. The molecule has 0 fully saturated rings. The maximum atomic E-state index is 10.4. The Kier molecular flexibility index (Phi) is 3.42. The highest BCUT2D eigenvalue weighted by molar-refractivity contribution is 7.17. The SMILES string of the molecule is O=C(O)CC(O)C(O)c1ccc2sccc2c1. The summed E-state index contributed by atoms with van der Waals surface area (Å²) in [6, 6.07) is 7.24. The normalized spacial score (nSPS) is 14.7. The van der Waals surface area contributed by atoms with Gasteiger partial charge in [-0.3, -0.25) is 4.79 Å². The van der Waals surface area contributed by atoms with Crippen LogP contribution in [0.3, 0.4) is 0 Å². The van der Waals surface area contributed by atoms with Gasteiger partial charge >= 0.3 is 5.97 Å². The first-order chi connectivity index (χ1) is 8.08. The Morgan fingerprint density at radius 2 is 2.06 bits per heavy atom. The number of carboxylic acids is 1. The lowest BCUT2D eigenvalue weighted by Gasteiger charge is -2.16. The van der Waals surface area contributed by atoms with Crippen LogP contribution in [0.1, 0.15) is 18.1 Å². The summed E-state index contributed by atoms with van der Waals surface area (Å²) < 4.78 is 1.09. The van der Waals surface area contributed by atoms with Gasteiger partial charge in [0.1, 0.15) is 6.10 Å². The number of carboxylic acid groups (broad SMARTS) is 1. The molecule has 0 radical (unpaired) electrons. The Bertz CT molecular complexity index is 534. The molecule has 3 N–H and O–H groups in total. The van der Waals surface area contributed by atoms with E-state index in [-0.39, 0.29) is 0 Å². The lowest BCUT2D eigenvalue weighted by molar-refractivity contribution is -0.141. The zero-order valence-corrected chi connectivity index (χ0v) is 9.72. The minimum absolute atomic E-state index is 0.469. The lowest BCUT2D eigenvalue weighted by atomic mass is 10.0. The lowest BCUT2D eigenvalue weighted by Crippen LogP contribution is -2.21. The van der Waals surface area contributed by atoms with E-state index >= 15 is 0 Å². The molecule has 1 aromatic carbocycles. The van der Waals surface area contributed by atoms with Crippen LogP contribution < -0.4 is 0 Å². The van der Waals surface area contributed by atoms with Crippen LogP contribution in [0.5, 0.6) is 0 Å².